The van der Waals surface area contributed by atoms with Crippen LogP contribution in [-0.2, 0) is 11.2 Å². The van der Waals surface area contributed by atoms with Crippen LogP contribution in [0.25, 0.3) is 0 Å². The summed E-state index contributed by atoms with van der Waals surface area (Å²) in [5, 5.41) is 6.82. The Morgan fingerprint density at radius 1 is 1.39 bits per heavy atom. The minimum absolute atomic E-state index is 0. The van der Waals surface area contributed by atoms with E-state index in [-0.39, 0.29) is 36.4 Å². The molecule has 2 N–H and O–H groups in total. The molecule has 0 saturated carbocycles. The van der Waals surface area contributed by atoms with Crippen LogP contribution in [-0.4, -0.2) is 74.5 Å². The lowest BCUT2D eigenvalue weighted by Gasteiger charge is -2.33. The zero-order valence-corrected chi connectivity index (χ0v) is 19.6. The summed E-state index contributed by atoms with van der Waals surface area (Å²) in [5.74, 6) is 1.60. The highest BCUT2D eigenvalue weighted by Gasteiger charge is 2.20. The zero-order chi connectivity index (χ0) is 19.6. The maximum atomic E-state index is 11.9. The number of hydrogen-bond donors (Lipinski definition) is 2. The third kappa shape index (κ3) is 9.09. The Hall–Kier alpha value is -1.55. The molecule has 1 saturated heterocycles. The molecule has 0 aromatic carbocycles. The molecule has 0 radical (unpaired) electrons. The minimum atomic E-state index is -0.0154. The van der Waals surface area contributed by atoms with Crippen molar-refractivity contribution in [3.63, 3.8) is 0 Å². The Morgan fingerprint density at radius 3 is 2.68 bits per heavy atom. The van der Waals surface area contributed by atoms with Gasteiger partial charge < -0.3 is 20.0 Å². The molecule has 2 rings (SSSR count). The van der Waals surface area contributed by atoms with Crippen LogP contribution in [0.4, 0.5) is 0 Å². The molecule has 1 aliphatic heterocycles. The van der Waals surface area contributed by atoms with Crippen molar-refractivity contribution in [2.24, 2.45) is 4.99 Å². The van der Waals surface area contributed by atoms with Crippen molar-refractivity contribution in [3.05, 3.63) is 36.3 Å². The predicted octanol–water partition coefficient (Wildman–Crippen LogP) is 2.10. The van der Waals surface area contributed by atoms with Crippen LogP contribution in [0.5, 0.6) is 0 Å². The van der Waals surface area contributed by atoms with E-state index in [0.29, 0.717) is 18.5 Å². The molecule has 0 unspecified atom stereocenters. The third-order valence-corrected chi connectivity index (χ3v) is 4.54. The van der Waals surface area contributed by atoms with Gasteiger partial charge in [-0.3, -0.25) is 9.69 Å². The van der Waals surface area contributed by atoms with Crippen molar-refractivity contribution in [3.8, 4) is 0 Å². The summed E-state index contributed by atoms with van der Waals surface area (Å²) in [6.45, 7) is 9.95. The quantitative estimate of drug-likeness (QED) is 0.246. The van der Waals surface area contributed by atoms with Gasteiger partial charge in [-0.05, 0) is 31.9 Å². The second-order valence-electron chi connectivity index (χ2n) is 7.36. The molecule has 158 valence electrons. The standard InChI is InChI=1S/C20H33N5O2.HI/c1-16(2)15-25-11-8-17(9-12-25)23-20(22-14-19(26)24(3)4)21-10-7-18-6-5-13-27-18;/h5-6,13,17H,1,7-12,14-15H2,2-4H3,(H2,21,22,23);1H. The van der Waals surface area contributed by atoms with Crippen molar-refractivity contribution >= 4 is 35.8 Å². The van der Waals surface area contributed by atoms with Crippen molar-refractivity contribution < 1.29 is 9.21 Å². The van der Waals surface area contributed by atoms with Crippen LogP contribution < -0.4 is 10.6 Å². The van der Waals surface area contributed by atoms with E-state index >= 15 is 0 Å². The molecule has 28 heavy (non-hydrogen) atoms. The Morgan fingerprint density at radius 2 is 2.11 bits per heavy atom. The van der Waals surface area contributed by atoms with E-state index < -0.39 is 0 Å². The van der Waals surface area contributed by atoms with Crippen molar-refractivity contribution in [2.75, 3.05) is 46.8 Å². The zero-order valence-electron chi connectivity index (χ0n) is 17.2. The van der Waals surface area contributed by atoms with Crippen LogP contribution in [0, 0.1) is 0 Å². The fourth-order valence-corrected chi connectivity index (χ4v) is 3.01. The van der Waals surface area contributed by atoms with E-state index in [1.165, 1.54) is 5.57 Å². The average molecular weight is 503 g/mol. The Kier molecular flexibility index (Phi) is 11.2. The molecule has 1 amide bonds. The molecule has 0 atom stereocenters. The summed E-state index contributed by atoms with van der Waals surface area (Å²) >= 11 is 0. The van der Waals surface area contributed by atoms with Gasteiger partial charge in [-0.1, -0.05) is 12.2 Å². The Balaban J connectivity index is 0.00000392. The van der Waals surface area contributed by atoms with E-state index in [2.05, 4.69) is 34.0 Å². The number of likely N-dealkylation sites (N-methyl/N-ethyl adjacent to an activating group) is 1. The number of nitrogens with one attached hydrogen (secondary N) is 2. The van der Waals surface area contributed by atoms with Gasteiger partial charge in [0.05, 0.1) is 6.26 Å². The smallest absolute Gasteiger partial charge is 0.243 e. The van der Waals surface area contributed by atoms with Crippen LogP contribution in [0.1, 0.15) is 25.5 Å². The predicted molar refractivity (Wildman–Crippen MR) is 124 cm³/mol. The first-order chi connectivity index (χ1) is 12.9. The maximum absolute atomic E-state index is 11.9. The van der Waals surface area contributed by atoms with Crippen LogP contribution in [0.15, 0.2) is 40.0 Å². The monoisotopic (exact) mass is 503 g/mol. The lowest BCUT2D eigenvalue weighted by molar-refractivity contribution is -0.127. The Bertz CT molecular complexity index is 623. The summed E-state index contributed by atoms with van der Waals surface area (Å²) in [4.78, 5) is 20.3. The van der Waals surface area contributed by atoms with Crippen molar-refractivity contribution in [1.29, 1.82) is 0 Å². The van der Waals surface area contributed by atoms with Gasteiger partial charge >= 0.3 is 0 Å². The number of rotatable bonds is 8. The Labute approximate surface area is 185 Å². The number of hydrogen-bond acceptors (Lipinski definition) is 4. The first-order valence-electron chi connectivity index (χ1n) is 9.58. The highest BCUT2D eigenvalue weighted by molar-refractivity contribution is 14.0. The summed E-state index contributed by atoms with van der Waals surface area (Å²) in [6, 6.07) is 4.20. The summed E-state index contributed by atoms with van der Waals surface area (Å²) < 4.78 is 5.36. The molecule has 1 aromatic rings. The number of likely N-dealkylation sites (tertiary alicyclic amines) is 1. The fourth-order valence-electron chi connectivity index (χ4n) is 3.01. The molecule has 2 heterocycles. The first-order valence-corrected chi connectivity index (χ1v) is 9.58. The van der Waals surface area contributed by atoms with E-state index in [1.807, 2.05) is 12.1 Å². The number of halogens is 1. The van der Waals surface area contributed by atoms with Crippen LogP contribution in [0.2, 0.25) is 0 Å². The molecular weight excluding hydrogens is 469 g/mol. The number of amides is 1. The number of carbonyl (C=O) groups is 1. The second kappa shape index (κ2) is 12.8. The van der Waals surface area contributed by atoms with Crippen molar-refractivity contribution in [1.82, 2.24) is 20.4 Å². The average Bonchev–Trinajstić information content (AvgIpc) is 3.13. The lowest BCUT2D eigenvalue weighted by Crippen LogP contribution is -2.49. The fraction of sp³-hybridized carbons (Fsp3) is 0.600. The van der Waals surface area contributed by atoms with E-state index in [1.54, 1.807) is 25.3 Å². The van der Waals surface area contributed by atoms with Gasteiger partial charge in [0, 0.05) is 52.7 Å². The summed E-state index contributed by atoms with van der Waals surface area (Å²) in [5.41, 5.74) is 1.20. The van der Waals surface area contributed by atoms with Crippen LogP contribution >= 0.6 is 24.0 Å². The number of furan rings is 1. The molecule has 0 bridgehead atoms. The molecule has 8 heteroatoms. The molecule has 0 spiro atoms. The number of carbonyl (C=O) groups excluding carboxylic acids is 1. The minimum Gasteiger partial charge on any atom is -0.469 e. The highest BCUT2D eigenvalue weighted by Crippen LogP contribution is 2.11. The number of piperidine rings is 1. The largest absolute Gasteiger partial charge is 0.469 e. The normalized spacial score (nSPS) is 15.6. The number of guanidine groups is 1. The molecular formula is C20H34IN5O2. The van der Waals surface area contributed by atoms with E-state index in [0.717, 1.165) is 44.7 Å². The summed E-state index contributed by atoms with van der Waals surface area (Å²) in [6.07, 6.45) is 4.55. The van der Waals surface area contributed by atoms with Gasteiger partial charge in [0.25, 0.3) is 0 Å². The number of aliphatic imine (C=N–C) groups is 1. The SMILES string of the molecule is C=C(C)CN1CCC(NC(=NCC(=O)N(C)C)NCCc2ccco2)CC1.I. The lowest BCUT2D eigenvalue weighted by atomic mass is 10.0. The van der Waals surface area contributed by atoms with Crippen molar-refractivity contribution in [2.45, 2.75) is 32.2 Å². The van der Waals surface area contributed by atoms with Gasteiger partial charge in [0.1, 0.15) is 12.3 Å². The third-order valence-electron chi connectivity index (χ3n) is 4.54. The highest BCUT2D eigenvalue weighted by atomic mass is 127. The molecule has 1 aliphatic rings. The van der Waals surface area contributed by atoms with Gasteiger partial charge in [0.2, 0.25) is 5.91 Å². The van der Waals surface area contributed by atoms with Gasteiger partial charge in [0.15, 0.2) is 5.96 Å². The summed E-state index contributed by atoms with van der Waals surface area (Å²) in [7, 11) is 3.49. The van der Waals surface area contributed by atoms with Gasteiger partial charge in [-0.15, -0.1) is 24.0 Å². The van der Waals surface area contributed by atoms with Crippen LogP contribution in [0.3, 0.4) is 0 Å². The molecule has 1 fully saturated rings. The van der Waals surface area contributed by atoms with E-state index in [9.17, 15) is 4.79 Å². The maximum Gasteiger partial charge on any atom is 0.243 e. The topological polar surface area (TPSA) is 73.1 Å². The first kappa shape index (κ1) is 24.5. The number of nitrogens with zero attached hydrogens (tertiary/aromatic N) is 3. The molecule has 1 aromatic heterocycles. The van der Waals surface area contributed by atoms with E-state index in [4.69, 9.17) is 4.42 Å². The molecule has 0 aliphatic carbocycles. The van der Waals surface area contributed by atoms with Gasteiger partial charge in [-0.2, -0.15) is 0 Å². The molecule has 7 nitrogen and oxygen atoms in total. The van der Waals surface area contributed by atoms with Gasteiger partial charge in [-0.25, -0.2) is 4.99 Å². The second-order valence-corrected chi connectivity index (χ2v) is 7.36.